The monoisotopic (exact) mass is 236 g/mol. The number of hydrogen-bond acceptors (Lipinski definition) is 3. The van der Waals surface area contributed by atoms with Gasteiger partial charge in [0.15, 0.2) is 0 Å². The summed E-state index contributed by atoms with van der Waals surface area (Å²) in [6.45, 7) is 0.452. The Morgan fingerprint density at radius 3 is 2.44 bits per heavy atom. The first-order chi connectivity index (χ1) is 8.88. The molecule has 0 amide bonds. The van der Waals surface area contributed by atoms with Crippen molar-refractivity contribution in [1.29, 1.82) is 5.26 Å². The van der Waals surface area contributed by atoms with Gasteiger partial charge in [0.25, 0.3) is 0 Å². The maximum absolute atomic E-state index is 8.66. The average molecular weight is 236 g/mol. The minimum absolute atomic E-state index is 0.452. The van der Waals surface area contributed by atoms with Crippen LogP contribution in [0.4, 0.5) is 0 Å². The van der Waals surface area contributed by atoms with E-state index in [9.17, 15) is 0 Å². The maximum Gasteiger partial charge on any atom is 0.142 e. The molecule has 0 saturated carbocycles. The molecule has 2 aromatic rings. The number of oxime groups is 1. The van der Waals surface area contributed by atoms with E-state index in [4.69, 9.17) is 10.1 Å². The predicted molar refractivity (Wildman–Crippen MR) is 70.0 cm³/mol. The van der Waals surface area contributed by atoms with Gasteiger partial charge >= 0.3 is 0 Å². The highest BCUT2D eigenvalue weighted by Crippen LogP contribution is 2.02. The summed E-state index contributed by atoms with van der Waals surface area (Å²) in [7, 11) is 0. The lowest BCUT2D eigenvalue weighted by Crippen LogP contribution is -1.87. The Morgan fingerprint density at radius 2 is 1.78 bits per heavy atom. The van der Waals surface area contributed by atoms with Gasteiger partial charge in [-0.05, 0) is 23.3 Å². The molecular formula is C15H12N2O. The first-order valence-electron chi connectivity index (χ1n) is 5.58. The van der Waals surface area contributed by atoms with E-state index in [0.29, 0.717) is 12.2 Å². The van der Waals surface area contributed by atoms with Crippen LogP contribution >= 0.6 is 0 Å². The van der Waals surface area contributed by atoms with Crippen molar-refractivity contribution >= 4 is 6.21 Å². The van der Waals surface area contributed by atoms with E-state index in [1.165, 1.54) is 0 Å². The summed E-state index contributed by atoms with van der Waals surface area (Å²) in [4.78, 5) is 5.18. The first kappa shape index (κ1) is 11.9. The highest BCUT2D eigenvalue weighted by molar-refractivity contribution is 5.79. The summed E-state index contributed by atoms with van der Waals surface area (Å²) in [6, 6.07) is 19.1. The Morgan fingerprint density at radius 1 is 1.06 bits per heavy atom. The van der Waals surface area contributed by atoms with Gasteiger partial charge in [-0.15, -0.1) is 0 Å². The minimum Gasteiger partial charge on any atom is -0.391 e. The van der Waals surface area contributed by atoms with Crippen molar-refractivity contribution < 1.29 is 4.84 Å². The van der Waals surface area contributed by atoms with Crippen LogP contribution in [0.25, 0.3) is 0 Å². The third kappa shape index (κ3) is 3.46. The van der Waals surface area contributed by atoms with E-state index in [2.05, 4.69) is 11.2 Å². The smallest absolute Gasteiger partial charge is 0.142 e. The second kappa shape index (κ2) is 6.21. The van der Waals surface area contributed by atoms with Gasteiger partial charge in [-0.3, -0.25) is 0 Å². The van der Waals surface area contributed by atoms with Crippen molar-refractivity contribution in [3.63, 3.8) is 0 Å². The molecule has 0 fully saturated rings. The van der Waals surface area contributed by atoms with E-state index in [0.717, 1.165) is 11.1 Å². The Bertz CT molecular complexity index is 553. The fourth-order valence-corrected chi connectivity index (χ4v) is 1.43. The number of nitrogens with zero attached hydrogens (tertiary/aromatic N) is 2. The van der Waals surface area contributed by atoms with Crippen molar-refractivity contribution in [3.05, 3.63) is 71.3 Å². The lowest BCUT2D eigenvalue weighted by atomic mass is 10.2. The average Bonchev–Trinajstić information content (AvgIpc) is 2.45. The summed E-state index contributed by atoms with van der Waals surface area (Å²) in [5, 5.41) is 12.5. The first-order valence-corrected chi connectivity index (χ1v) is 5.58. The second-order valence-electron chi connectivity index (χ2n) is 3.73. The fraction of sp³-hybridized carbons (Fsp3) is 0.0667. The highest BCUT2D eigenvalue weighted by Gasteiger charge is 1.91. The molecule has 88 valence electrons. The van der Waals surface area contributed by atoms with Crippen LogP contribution in [0, 0.1) is 11.3 Å². The Hall–Kier alpha value is -2.60. The molecule has 0 spiro atoms. The zero-order chi connectivity index (χ0) is 12.6. The van der Waals surface area contributed by atoms with Crippen molar-refractivity contribution in [2.24, 2.45) is 5.16 Å². The molecule has 0 radical (unpaired) electrons. The molecule has 0 atom stereocenters. The number of benzene rings is 2. The molecule has 0 aliphatic rings. The zero-order valence-electron chi connectivity index (χ0n) is 9.78. The molecule has 18 heavy (non-hydrogen) atoms. The van der Waals surface area contributed by atoms with Crippen LogP contribution in [0.15, 0.2) is 59.8 Å². The van der Waals surface area contributed by atoms with E-state index < -0.39 is 0 Å². The number of nitriles is 1. The largest absolute Gasteiger partial charge is 0.391 e. The van der Waals surface area contributed by atoms with Crippen molar-refractivity contribution in [3.8, 4) is 6.07 Å². The van der Waals surface area contributed by atoms with E-state index >= 15 is 0 Å². The van der Waals surface area contributed by atoms with Crippen LogP contribution in [0.5, 0.6) is 0 Å². The van der Waals surface area contributed by atoms with Crippen molar-refractivity contribution in [2.45, 2.75) is 6.61 Å². The molecule has 0 heterocycles. The van der Waals surface area contributed by atoms with Gasteiger partial charge in [-0.25, -0.2) is 0 Å². The van der Waals surface area contributed by atoms with Crippen LogP contribution in [0.3, 0.4) is 0 Å². The predicted octanol–water partition coefficient (Wildman–Crippen LogP) is 3.11. The molecule has 3 heteroatoms. The molecule has 2 aromatic carbocycles. The molecule has 0 saturated heterocycles. The van der Waals surface area contributed by atoms with Gasteiger partial charge < -0.3 is 4.84 Å². The molecular weight excluding hydrogens is 224 g/mol. The van der Waals surface area contributed by atoms with E-state index in [1.54, 1.807) is 18.3 Å². The van der Waals surface area contributed by atoms with Crippen LogP contribution in [-0.4, -0.2) is 6.21 Å². The van der Waals surface area contributed by atoms with Crippen LogP contribution in [-0.2, 0) is 11.4 Å². The van der Waals surface area contributed by atoms with Gasteiger partial charge in [-0.2, -0.15) is 5.26 Å². The summed E-state index contributed by atoms with van der Waals surface area (Å²) < 4.78 is 0. The molecule has 0 aliphatic heterocycles. The van der Waals surface area contributed by atoms with Crippen molar-refractivity contribution in [2.75, 3.05) is 0 Å². The van der Waals surface area contributed by atoms with Crippen LogP contribution in [0.2, 0.25) is 0 Å². The summed E-state index contributed by atoms with van der Waals surface area (Å²) in [5.41, 5.74) is 2.62. The topological polar surface area (TPSA) is 45.4 Å². The van der Waals surface area contributed by atoms with Gasteiger partial charge in [-0.1, -0.05) is 47.6 Å². The fourth-order valence-electron chi connectivity index (χ4n) is 1.43. The number of rotatable bonds is 4. The Labute approximate surface area is 106 Å². The van der Waals surface area contributed by atoms with Crippen LogP contribution in [0.1, 0.15) is 16.7 Å². The van der Waals surface area contributed by atoms with E-state index in [1.807, 2.05) is 42.5 Å². The van der Waals surface area contributed by atoms with Gasteiger partial charge in [0.05, 0.1) is 17.8 Å². The quantitative estimate of drug-likeness (QED) is 0.604. The Kier molecular flexibility index (Phi) is 4.10. The summed E-state index contributed by atoms with van der Waals surface area (Å²) in [5.74, 6) is 0. The second-order valence-corrected chi connectivity index (χ2v) is 3.73. The summed E-state index contributed by atoms with van der Waals surface area (Å²) >= 11 is 0. The standard InChI is InChI=1S/C15H12N2O/c16-10-13-6-8-14(9-7-13)11-17-18-12-15-4-2-1-3-5-15/h1-9,11H,12H2. The Balaban J connectivity index is 1.86. The van der Waals surface area contributed by atoms with Gasteiger partial charge in [0.2, 0.25) is 0 Å². The minimum atomic E-state index is 0.452. The maximum atomic E-state index is 8.66. The molecule has 0 aliphatic carbocycles. The highest BCUT2D eigenvalue weighted by atomic mass is 16.6. The zero-order valence-corrected chi connectivity index (χ0v) is 9.78. The molecule has 0 unspecified atom stereocenters. The third-order valence-electron chi connectivity index (χ3n) is 2.39. The SMILES string of the molecule is N#Cc1ccc(C=NOCc2ccccc2)cc1. The molecule has 0 aromatic heterocycles. The molecule has 3 nitrogen and oxygen atoms in total. The van der Waals surface area contributed by atoms with E-state index in [-0.39, 0.29) is 0 Å². The normalized spacial score (nSPS) is 10.2. The lowest BCUT2D eigenvalue weighted by Gasteiger charge is -1.98. The molecule has 0 N–H and O–H groups in total. The lowest BCUT2D eigenvalue weighted by molar-refractivity contribution is 0.132. The third-order valence-corrected chi connectivity index (χ3v) is 2.39. The van der Waals surface area contributed by atoms with Crippen LogP contribution < -0.4 is 0 Å². The number of hydrogen-bond donors (Lipinski definition) is 0. The van der Waals surface area contributed by atoms with Crippen molar-refractivity contribution in [1.82, 2.24) is 0 Å². The molecule has 0 bridgehead atoms. The molecule has 2 rings (SSSR count). The summed E-state index contributed by atoms with van der Waals surface area (Å²) in [6.07, 6.45) is 1.63. The van der Waals surface area contributed by atoms with Gasteiger partial charge in [0, 0.05) is 0 Å². The van der Waals surface area contributed by atoms with Gasteiger partial charge in [0.1, 0.15) is 6.61 Å².